The van der Waals surface area contributed by atoms with Gasteiger partial charge in [0.05, 0.1) is 12.1 Å². The summed E-state index contributed by atoms with van der Waals surface area (Å²) < 4.78 is 0. The van der Waals surface area contributed by atoms with Crippen molar-refractivity contribution in [1.82, 2.24) is 9.97 Å². The van der Waals surface area contributed by atoms with Gasteiger partial charge < -0.3 is 10.2 Å². The van der Waals surface area contributed by atoms with E-state index >= 15 is 0 Å². The van der Waals surface area contributed by atoms with Gasteiger partial charge in [-0.2, -0.15) is 10.5 Å². The maximum Gasteiger partial charge on any atom is 0.139 e. The summed E-state index contributed by atoms with van der Waals surface area (Å²) in [7, 11) is 1.80. The van der Waals surface area contributed by atoms with Crippen molar-refractivity contribution in [2.75, 3.05) is 30.4 Å². The van der Waals surface area contributed by atoms with Crippen molar-refractivity contribution >= 4 is 11.6 Å². The molecule has 0 aromatic carbocycles. The van der Waals surface area contributed by atoms with Gasteiger partial charge in [0.2, 0.25) is 0 Å². The van der Waals surface area contributed by atoms with Crippen LogP contribution in [0.5, 0.6) is 0 Å². The minimum atomic E-state index is 0.143. The Balaban J connectivity index is 3.20. The molecule has 0 fully saturated rings. The van der Waals surface area contributed by atoms with Crippen molar-refractivity contribution in [3.63, 3.8) is 0 Å². The monoisotopic (exact) mass is 244 g/mol. The molecular formula is C12H16N6. The lowest BCUT2D eigenvalue weighted by Gasteiger charge is -2.21. The van der Waals surface area contributed by atoms with Gasteiger partial charge in [0, 0.05) is 12.6 Å². The third-order valence-corrected chi connectivity index (χ3v) is 2.48. The molecule has 0 saturated carbocycles. The van der Waals surface area contributed by atoms with Crippen LogP contribution >= 0.6 is 0 Å². The molecule has 1 N–H and O–H groups in total. The highest BCUT2D eigenvalue weighted by atomic mass is 15.2. The molecule has 94 valence electrons. The van der Waals surface area contributed by atoms with Crippen LogP contribution in [-0.4, -0.2) is 30.1 Å². The molecular weight excluding hydrogens is 228 g/mol. The third-order valence-electron chi connectivity index (χ3n) is 2.48. The second-order valence-electron chi connectivity index (χ2n) is 3.70. The summed E-state index contributed by atoms with van der Waals surface area (Å²) >= 11 is 0. The van der Waals surface area contributed by atoms with Crippen molar-refractivity contribution < 1.29 is 0 Å². The van der Waals surface area contributed by atoms with Gasteiger partial charge in [-0.3, -0.25) is 0 Å². The topological polar surface area (TPSA) is 88.6 Å². The molecule has 0 spiro atoms. The summed E-state index contributed by atoms with van der Waals surface area (Å²) in [5, 5.41) is 20.6. The highest BCUT2D eigenvalue weighted by molar-refractivity contribution is 5.59. The Morgan fingerprint density at radius 1 is 1.28 bits per heavy atom. The van der Waals surface area contributed by atoms with Gasteiger partial charge in [0.1, 0.15) is 31.1 Å². The van der Waals surface area contributed by atoms with Crippen molar-refractivity contribution in [3.05, 3.63) is 11.9 Å². The van der Waals surface area contributed by atoms with Gasteiger partial charge in [0.25, 0.3) is 0 Å². The van der Waals surface area contributed by atoms with Crippen LogP contribution in [0.25, 0.3) is 0 Å². The molecule has 1 aromatic heterocycles. The summed E-state index contributed by atoms with van der Waals surface area (Å²) in [6, 6.07) is 4.10. The fraction of sp³-hybridized carbons (Fsp3) is 0.500. The molecule has 0 aliphatic rings. The standard InChI is InChI=1S/C12H16N6/c1-3-4-10-11(15-2)16-9-17-12(10)18(7-5-13)8-6-14/h9H,3-4,7-8H2,1-2H3,(H,15,16,17). The maximum absolute atomic E-state index is 8.81. The normalized spacial score (nSPS) is 9.33. The molecule has 0 radical (unpaired) electrons. The molecule has 1 heterocycles. The Labute approximate surface area is 107 Å². The number of hydrogen-bond donors (Lipinski definition) is 1. The van der Waals surface area contributed by atoms with E-state index in [0.717, 1.165) is 24.2 Å². The van der Waals surface area contributed by atoms with Crippen molar-refractivity contribution in [3.8, 4) is 12.1 Å². The zero-order valence-electron chi connectivity index (χ0n) is 10.6. The first-order valence-corrected chi connectivity index (χ1v) is 5.78. The lowest BCUT2D eigenvalue weighted by atomic mass is 10.1. The van der Waals surface area contributed by atoms with E-state index in [9.17, 15) is 0 Å². The predicted octanol–water partition coefficient (Wildman–Crippen LogP) is 1.32. The number of nitriles is 2. The van der Waals surface area contributed by atoms with Crippen LogP contribution in [0.3, 0.4) is 0 Å². The van der Waals surface area contributed by atoms with Crippen LogP contribution in [-0.2, 0) is 6.42 Å². The van der Waals surface area contributed by atoms with E-state index in [0.29, 0.717) is 5.82 Å². The van der Waals surface area contributed by atoms with E-state index in [1.807, 2.05) is 0 Å². The van der Waals surface area contributed by atoms with Crippen molar-refractivity contribution in [2.45, 2.75) is 19.8 Å². The number of rotatable bonds is 6. The van der Waals surface area contributed by atoms with Crippen molar-refractivity contribution in [1.29, 1.82) is 10.5 Å². The summed E-state index contributed by atoms with van der Waals surface area (Å²) in [5.74, 6) is 1.42. The number of aromatic nitrogens is 2. The average molecular weight is 244 g/mol. The van der Waals surface area contributed by atoms with E-state index in [1.165, 1.54) is 6.33 Å². The lowest BCUT2D eigenvalue weighted by molar-refractivity contribution is 0.859. The molecule has 0 bridgehead atoms. The van der Waals surface area contributed by atoms with Crippen LogP contribution in [0.2, 0.25) is 0 Å². The SMILES string of the molecule is CCCc1c(NC)ncnc1N(CC#N)CC#N. The van der Waals surface area contributed by atoms with E-state index in [-0.39, 0.29) is 13.1 Å². The summed E-state index contributed by atoms with van der Waals surface area (Å²) in [5.41, 5.74) is 0.952. The summed E-state index contributed by atoms with van der Waals surface area (Å²) in [6.45, 7) is 2.35. The van der Waals surface area contributed by atoms with E-state index in [2.05, 4.69) is 34.3 Å². The van der Waals surface area contributed by atoms with Gasteiger partial charge in [-0.1, -0.05) is 13.3 Å². The van der Waals surface area contributed by atoms with Crippen LogP contribution in [0.15, 0.2) is 6.33 Å². The first-order valence-electron chi connectivity index (χ1n) is 5.78. The molecule has 0 atom stereocenters. The van der Waals surface area contributed by atoms with Gasteiger partial charge in [0.15, 0.2) is 0 Å². The molecule has 0 aliphatic heterocycles. The summed E-state index contributed by atoms with van der Waals surface area (Å²) in [4.78, 5) is 10.0. The quantitative estimate of drug-likeness (QED) is 0.759. The minimum absolute atomic E-state index is 0.143. The number of nitrogens with one attached hydrogen (secondary N) is 1. The minimum Gasteiger partial charge on any atom is -0.373 e. The number of nitrogens with zero attached hydrogens (tertiary/aromatic N) is 5. The fourth-order valence-electron chi connectivity index (χ4n) is 1.75. The highest BCUT2D eigenvalue weighted by Gasteiger charge is 2.15. The Morgan fingerprint density at radius 2 is 1.94 bits per heavy atom. The second kappa shape index (κ2) is 7.08. The average Bonchev–Trinajstić information content (AvgIpc) is 2.39. The molecule has 18 heavy (non-hydrogen) atoms. The Hall–Kier alpha value is -2.34. The Kier molecular flexibility index (Phi) is 5.40. The third kappa shape index (κ3) is 3.08. The first kappa shape index (κ1) is 13.7. The highest BCUT2D eigenvalue weighted by Crippen LogP contribution is 2.24. The van der Waals surface area contributed by atoms with Crippen molar-refractivity contribution in [2.24, 2.45) is 0 Å². The molecule has 6 nitrogen and oxygen atoms in total. The second-order valence-corrected chi connectivity index (χ2v) is 3.70. The number of hydrogen-bond acceptors (Lipinski definition) is 6. The first-order chi connectivity index (χ1) is 8.78. The lowest BCUT2D eigenvalue weighted by Crippen LogP contribution is -2.26. The van der Waals surface area contributed by atoms with Crippen LogP contribution in [0.4, 0.5) is 11.6 Å². The zero-order valence-corrected chi connectivity index (χ0v) is 10.6. The van der Waals surface area contributed by atoms with Gasteiger partial charge >= 0.3 is 0 Å². The summed E-state index contributed by atoms with van der Waals surface area (Å²) in [6.07, 6.45) is 3.20. The molecule has 0 aliphatic carbocycles. The maximum atomic E-state index is 8.81. The van der Waals surface area contributed by atoms with Gasteiger partial charge in [-0.25, -0.2) is 9.97 Å². The number of anilines is 2. The molecule has 0 saturated heterocycles. The largest absolute Gasteiger partial charge is 0.373 e. The fourth-order valence-corrected chi connectivity index (χ4v) is 1.75. The Morgan fingerprint density at radius 3 is 2.44 bits per heavy atom. The predicted molar refractivity (Wildman–Crippen MR) is 69.0 cm³/mol. The van der Waals surface area contributed by atoms with E-state index < -0.39 is 0 Å². The molecule has 1 rings (SSSR count). The van der Waals surface area contributed by atoms with Crippen LogP contribution in [0, 0.1) is 22.7 Å². The molecule has 1 aromatic rings. The molecule has 0 unspecified atom stereocenters. The molecule has 6 heteroatoms. The molecule has 0 amide bonds. The van der Waals surface area contributed by atoms with Gasteiger partial charge in [-0.05, 0) is 6.42 Å². The van der Waals surface area contributed by atoms with Crippen LogP contribution in [0.1, 0.15) is 18.9 Å². The van der Waals surface area contributed by atoms with E-state index in [1.54, 1.807) is 11.9 Å². The smallest absolute Gasteiger partial charge is 0.139 e. The van der Waals surface area contributed by atoms with Gasteiger partial charge in [-0.15, -0.1) is 0 Å². The Bertz CT molecular complexity index is 454. The zero-order chi connectivity index (χ0) is 13.4. The van der Waals surface area contributed by atoms with Crippen LogP contribution < -0.4 is 10.2 Å². The van der Waals surface area contributed by atoms with E-state index in [4.69, 9.17) is 10.5 Å².